The van der Waals surface area contributed by atoms with Crippen LogP contribution in [0.15, 0.2) is 18.2 Å². The van der Waals surface area contributed by atoms with E-state index in [1.807, 2.05) is 0 Å². The average molecular weight is 403 g/mol. The van der Waals surface area contributed by atoms with Crippen LogP contribution in [0, 0.1) is 0 Å². The van der Waals surface area contributed by atoms with Crippen molar-refractivity contribution in [2.45, 2.75) is 25.2 Å². The number of aromatic nitrogens is 4. The molecule has 27 heavy (non-hydrogen) atoms. The molecule has 0 aromatic carbocycles. The molecule has 0 bridgehead atoms. The molecule has 3 heterocycles. The molecular weight excluding hydrogens is 382 g/mol. The van der Waals surface area contributed by atoms with Crippen LogP contribution in [0.25, 0.3) is 0 Å². The Kier molecular flexibility index (Phi) is 7.43. The summed E-state index contributed by atoms with van der Waals surface area (Å²) in [6.07, 6.45) is -0.716. The van der Waals surface area contributed by atoms with Gasteiger partial charge >= 0.3 is 0 Å². The predicted molar refractivity (Wildman–Crippen MR) is 96.8 cm³/mol. The summed E-state index contributed by atoms with van der Waals surface area (Å²) in [5, 5.41) is 10.3. The number of hydrogen-bond acceptors (Lipinski definition) is 6. The zero-order chi connectivity index (χ0) is 18.5. The molecule has 1 fully saturated rings. The van der Waals surface area contributed by atoms with Crippen LogP contribution in [0.3, 0.4) is 0 Å². The third-order valence-corrected chi connectivity index (χ3v) is 4.02. The first-order valence-electron chi connectivity index (χ1n) is 8.34. The molecule has 0 atom stereocenters. The summed E-state index contributed by atoms with van der Waals surface area (Å²) in [5.41, 5.74) is 0.0446. The maximum Gasteiger partial charge on any atom is 0.276 e. The number of amides is 1. The second-order valence-electron chi connectivity index (χ2n) is 5.96. The van der Waals surface area contributed by atoms with E-state index >= 15 is 0 Å². The highest BCUT2D eigenvalue weighted by molar-refractivity contribution is 6.01. The Morgan fingerprint density at radius 2 is 2.11 bits per heavy atom. The summed E-state index contributed by atoms with van der Waals surface area (Å²) in [4.78, 5) is 20.7. The number of carbonyl (C=O) groups excluding carboxylic acids is 1. The second kappa shape index (κ2) is 9.56. The second-order valence-corrected chi connectivity index (χ2v) is 5.96. The number of halogens is 3. The number of nitrogens with zero attached hydrogens (tertiary/aromatic N) is 4. The summed E-state index contributed by atoms with van der Waals surface area (Å²) in [5.74, 6) is 0.721. The lowest BCUT2D eigenvalue weighted by Gasteiger charge is -2.19. The van der Waals surface area contributed by atoms with Crippen LogP contribution < -0.4 is 15.4 Å². The van der Waals surface area contributed by atoms with Gasteiger partial charge in [0.25, 0.3) is 12.3 Å². The fourth-order valence-corrected chi connectivity index (χ4v) is 2.70. The zero-order valence-corrected chi connectivity index (χ0v) is 15.5. The van der Waals surface area contributed by atoms with Crippen LogP contribution >= 0.6 is 12.4 Å². The first-order valence-corrected chi connectivity index (χ1v) is 8.34. The van der Waals surface area contributed by atoms with Gasteiger partial charge in [-0.1, -0.05) is 6.07 Å². The number of carbonyl (C=O) groups is 1. The van der Waals surface area contributed by atoms with E-state index in [-0.39, 0.29) is 29.9 Å². The standard InChI is InChI=1S/C16H20F2N6O2.ClH/c1-24-16(21-14(23-24)10-5-7-19-8-6-10)22-15(25)11-3-2-4-13(20-11)26-9-12(17)18;/h2-4,10,12,19H,5-9H2,1H3,(H,21,22,23,25);1H. The highest BCUT2D eigenvalue weighted by Gasteiger charge is 2.22. The van der Waals surface area contributed by atoms with Crippen LogP contribution in [0.4, 0.5) is 14.7 Å². The molecule has 1 amide bonds. The number of pyridine rings is 1. The lowest BCUT2D eigenvalue weighted by molar-refractivity contribution is 0.0794. The number of hydrogen-bond donors (Lipinski definition) is 2. The molecule has 8 nitrogen and oxygen atoms in total. The summed E-state index contributed by atoms with van der Waals surface area (Å²) in [6, 6.07) is 4.39. The van der Waals surface area contributed by atoms with Crippen molar-refractivity contribution >= 4 is 24.3 Å². The molecule has 1 aliphatic heterocycles. The minimum absolute atomic E-state index is 0. The van der Waals surface area contributed by atoms with E-state index in [1.54, 1.807) is 7.05 Å². The molecule has 0 radical (unpaired) electrons. The number of aryl methyl sites for hydroxylation is 1. The highest BCUT2D eigenvalue weighted by atomic mass is 35.5. The maximum atomic E-state index is 12.4. The van der Waals surface area contributed by atoms with Gasteiger partial charge in [0, 0.05) is 19.0 Å². The molecular formula is C16H21ClF2N6O2. The van der Waals surface area contributed by atoms with Crippen molar-refractivity contribution in [2.24, 2.45) is 7.05 Å². The van der Waals surface area contributed by atoms with Gasteiger partial charge in [-0.15, -0.1) is 12.4 Å². The Labute approximate surface area is 161 Å². The first kappa shape index (κ1) is 21.0. The Morgan fingerprint density at radius 1 is 1.37 bits per heavy atom. The summed E-state index contributed by atoms with van der Waals surface area (Å²) >= 11 is 0. The molecule has 0 spiro atoms. The molecule has 1 aliphatic rings. The molecule has 3 rings (SSSR count). The fraction of sp³-hybridized carbons (Fsp3) is 0.500. The minimum Gasteiger partial charge on any atom is -0.472 e. The van der Waals surface area contributed by atoms with Crippen LogP contribution in [-0.2, 0) is 7.05 Å². The summed E-state index contributed by atoms with van der Waals surface area (Å²) in [7, 11) is 1.70. The Hall–Kier alpha value is -2.33. The van der Waals surface area contributed by atoms with E-state index in [2.05, 4.69) is 25.7 Å². The molecule has 2 aromatic rings. The van der Waals surface area contributed by atoms with E-state index < -0.39 is 18.9 Å². The van der Waals surface area contributed by atoms with Crippen molar-refractivity contribution in [3.05, 3.63) is 29.7 Å². The molecule has 2 aromatic heterocycles. The molecule has 1 saturated heterocycles. The van der Waals surface area contributed by atoms with E-state index in [1.165, 1.54) is 22.9 Å². The van der Waals surface area contributed by atoms with Crippen molar-refractivity contribution in [2.75, 3.05) is 25.0 Å². The molecule has 2 N–H and O–H groups in total. The van der Waals surface area contributed by atoms with Gasteiger partial charge in [0.2, 0.25) is 11.8 Å². The molecule has 11 heteroatoms. The Balaban J connectivity index is 0.00000261. The van der Waals surface area contributed by atoms with Crippen molar-refractivity contribution in [3.8, 4) is 5.88 Å². The summed E-state index contributed by atoms with van der Waals surface area (Å²) in [6.45, 7) is 1.06. The van der Waals surface area contributed by atoms with E-state index in [0.29, 0.717) is 11.8 Å². The van der Waals surface area contributed by atoms with E-state index in [9.17, 15) is 13.6 Å². The molecule has 0 aliphatic carbocycles. The largest absolute Gasteiger partial charge is 0.472 e. The number of ether oxygens (including phenoxy) is 1. The van der Waals surface area contributed by atoms with E-state index in [4.69, 9.17) is 4.74 Å². The van der Waals surface area contributed by atoms with Crippen LogP contribution in [0.2, 0.25) is 0 Å². The fourth-order valence-electron chi connectivity index (χ4n) is 2.70. The number of nitrogens with one attached hydrogen (secondary N) is 2. The van der Waals surface area contributed by atoms with Gasteiger partial charge in [-0.05, 0) is 32.0 Å². The number of alkyl halides is 2. The lowest BCUT2D eigenvalue weighted by Crippen LogP contribution is -2.27. The number of piperidine rings is 1. The molecule has 0 unspecified atom stereocenters. The van der Waals surface area contributed by atoms with Crippen molar-refractivity contribution < 1.29 is 18.3 Å². The molecule has 148 valence electrons. The SMILES string of the molecule is Cl.Cn1nc(C2CCNCC2)nc1NC(=O)c1cccc(OCC(F)F)n1. The Bertz CT molecular complexity index is 767. The third kappa shape index (κ3) is 5.57. The van der Waals surface area contributed by atoms with Gasteiger partial charge in [0.1, 0.15) is 5.69 Å². The minimum atomic E-state index is -2.61. The number of anilines is 1. The van der Waals surface area contributed by atoms with E-state index in [0.717, 1.165) is 25.9 Å². The van der Waals surface area contributed by atoms with Gasteiger partial charge < -0.3 is 10.1 Å². The van der Waals surface area contributed by atoms with Gasteiger partial charge in [-0.3, -0.25) is 10.1 Å². The quantitative estimate of drug-likeness (QED) is 0.767. The van der Waals surface area contributed by atoms with Crippen molar-refractivity contribution in [1.29, 1.82) is 0 Å². The third-order valence-electron chi connectivity index (χ3n) is 4.02. The van der Waals surface area contributed by atoms with Crippen LogP contribution in [-0.4, -0.2) is 51.8 Å². The zero-order valence-electron chi connectivity index (χ0n) is 14.7. The van der Waals surface area contributed by atoms with Gasteiger partial charge in [0.05, 0.1) is 0 Å². The van der Waals surface area contributed by atoms with Gasteiger partial charge in [-0.25, -0.2) is 18.4 Å². The van der Waals surface area contributed by atoms with Crippen molar-refractivity contribution in [3.63, 3.8) is 0 Å². The first-order chi connectivity index (χ1) is 12.5. The number of rotatable bonds is 6. The highest BCUT2D eigenvalue weighted by Crippen LogP contribution is 2.23. The average Bonchev–Trinajstić information content (AvgIpc) is 3.01. The summed E-state index contributed by atoms with van der Waals surface area (Å²) < 4.78 is 30.8. The van der Waals surface area contributed by atoms with Crippen LogP contribution in [0.5, 0.6) is 5.88 Å². The Morgan fingerprint density at radius 3 is 2.81 bits per heavy atom. The van der Waals surface area contributed by atoms with Gasteiger partial charge in [-0.2, -0.15) is 10.1 Å². The molecule has 0 saturated carbocycles. The maximum absolute atomic E-state index is 12.4. The monoisotopic (exact) mass is 402 g/mol. The topological polar surface area (TPSA) is 94.0 Å². The van der Waals surface area contributed by atoms with Crippen molar-refractivity contribution in [1.82, 2.24) is 25.1 Å². The van der Waals surface area contributed by atoms with Crippen LogP contribution in [0.1, 0.15) is 35.1 Å². The van der Waals surface area contributed by atoms with Gasteiger partial charge in [0.15, 0.2) is 12.4 Å². The smallest absolute Gasteiger partial charge is 0.276 e. The lowest BCUT2D eigenvalue weighted by atomic mass is 9.98. The predicted octanol–water partition coefficient (Wildman–Crippen LogP) is 2.00. The normalized spacial score (nSPS) is 14.7.